The highest BCUT2D eigenvalue weighted by Gasteiger charge is 2.04. The van der Waals surface area contributed by atoms with E-state index < -0.39 is 0 Å². The Labute approximate surface area is 85.0 Å². The van der Waals surface area contributed by atoms with E-state index in [2.05, 4.69) is 6.92 Å². The summed E-state index contributed by atoms with van der Waals surface area (Å²) < 4.78 is 0. The third kappa shape index (κ3) is 6.90. The summed E-state index contributed by atoms with van der Waals surface area (Å²) >= 11 is 1.76. The van der Waals surface area contributed by atoms with E-state index in [1.807, 2.05) is 0 Å². The van der Waals surface area contributed by atoms with Gasteiger partial charge in [0, 0.05) is 38.1 Å². The van der Waals surface area contributed by atoms with Crippen molar-refractivity contribution >= 4 is 17.7 Å². The lowest BCUT2D eigenvalue weighted by Crippen LogP contribution is -2.23. The summed E-state index contributed by atoms with van der Waals surface area (Å²) in [7, 11) is 3.57. The second-order valence-electron chi connectivity index (χ2n) is 3.28. The van der Waals surface area contributed by atoms with Crippen molar-refractivity contribution in [3.63, 3.8) is 0 Å². The molecule has 0 spiro atoms. The van der Waals surface area contributed by atoms with E-state index >= 15 is 0 Å². The number of carbonyl (C=O) groups excluding carboxylic acids is 1. The Kier molecular flexibility index (Phi) is 7.09. The number of amides is 1. The predicted octanol–water partition coefficient (Wildman–Crippen LogP) is 0.935. The zero-order chi connectivity index (χ0) is 10.3. The topological polar surface area (TPSA) is 46.3 Å². The van der Waals surface area contributed by atoms with E-state index in [9.17, 15) is 4.79 Å². The van der Waals surface area contributed by atoms with Crippen LogP contribution in [-0.2, 0) is 4.79 Å². The Bertz CT molecular complexity index is 151. The molecule has 3 nitrogen and oxygen atoms in total. The van der Waals surface area contributed by atoms with Gasteiger partial charge in [0.2, 0.25) is 5.91 Å². The molecule has 4 heteroatoms. The maximum atomic E-state index is 11.1. The normalized spacial score (nSPS) is 12.6. The summed E-state index contributed by atoms with van der Waals surface area (Å²) in [5.41, 5.74) is 5.73. The van der Waals surface area contributed by atoms with E-state index in [-0.39, 0.29) is 11.9 Å². The van der Waals surface area contributed by atoms with Gasteiger partial charge in [-0.15, -0.1) is 0 Å². The fourth-order valence-electron chi connectivity index (χ4n) is 0.736. The lowest BCUT2D eigenvalue weighted by molar-refractivity contribution is -0.128. The molecule has 0 aromatic carbocycles. The second-order valence-corrected chi connectivity index (χ2v) is 4.43. The second kappa shape index (κ2) is 7.21. The quantitative estimate of drug-likeness (QED) is 0.655. The number of nitrogens with two attached hydrogens (primary N) is 1. The van der Waals surface area contributed by atoms with Crippen molar-refractivity contribution in [3.8, 4) is 0 Å². The molecule has 0 radical (unpaired) electrons. The SMILES string of the molecule is CCC(N)CSCCC(=O)N(C)C. The van der Waals surface area contributed by atoms with Gasteiger partial charge in [0.15, 0.2) is 0 Å². The molecular formula is C9H20N2OS. The molecule has 0 heterocycles. The van der Waals surface area contributed by atoms with Crippen molar-refractivity contribution in [2.24, 2.45) is 5.73 Å². The van der Waals surface area contributed by atoms with Crippen LogP contribution in [0.25, 0.3) is 0 Å². The van der Waals surface area contributed by atoms with Gasteiger partial charge in [-0.1, -0.05) is 6.92 Å². The first kappa shape index (κ1) is 12.8. The highest BCUT2D eigenvalue weighted by atomic mass is 32.2. The van der Waals surface area contributed by atoms with E-state index in [1.54, 1.807) is 30.8 Å². The molecule has 0 saturated carbocycles. The summed E-state index contributed by atoms with van der Waals surface area (Å²) in [5.74, 6) is 2.03. The lowest BCUT2D eigenvalue weighted by atomic mass is 10.3. The van der Waals surface area contributed by atoms with Crippen molar-refractivity contribution in [3.05, 3.63) is 0 Å². The fraction of sp³-hybridized carbons (Fsp3) is 0.889. The Hall–Kier alpha value is -0.220. The van der Waals surface area contributed by atoms with Crippen molar-refractivity contribution in [1.82, 2.24) is 4.90 Å². The first-order valence-corrected chi connectivity index (χ1v) is 5.76. The smallest absolute Gasteiger partial charge is 0.222 e. The third-order valence-electron chi connectivity index (χ3n) is 1.82. The van der Waals surface area contributed by atoms with Crippen LogP contribution in [0.5, 0.6) is 0 Å². The minimum Gasteiger partial charge on any atom is -0.349 e. The summed E-state index contributed by atoms with van der Waals surface area (Å²) in [5, 5.41) is 0. The number of thioether (sulfide) groups is 1. The van der Waals surface area contributed by atoms with Crippen LogP contribution in [0.3, 0.4) is 0 Å². The van der Waals surface area contributed by atoms with Gasteiger partial charge in [-0.05, 0) is 6.42 Å². The zero-order valence-electron chi connectivity index (χ0n) is 8.75. The molecule has 2 N–H and O–H groups in total. The van der Waals surface area contributed by atoms with Crippen LogP contribution in [0.1, 0.15) is 19.8 Å². The van der Waals surface area contributed by atoms with Gasteiger partial charge in [0.05, 0.1) is 0 Å². The highest BCUT2D eigenvalue weighted by Crippen LogP contribution is 2.06. The number of carbonyl (C=O) groups is 1. The fourth-order valence-corrected chi connectivity index (χ4v) is 1.76. The minimum atomic E-state index is 0.192. The number of hydrogen-bond donors (Lipinski definition) is 1. The van der Waals surface area contributed by atoms with Crippen LogP contribution in [0.15, 0.2) is 0 Å². The van der Waals surface area contributed by atoms with Crippen molar-refractivity contribution < 1.29 is 4.79 Å². The number of rotatable bonds is 6. The van der Waals surface area contributed by atoms with Gasteiger partial charge in [0.1, 0.15) is 0 Å². The molecule has 0 saturated heterocycles. The monoisotopic (exact) mass is 204 g/mol. The summed E-state index contributed by atoms with van der Waals surface area (Å²) in [4.78, 5) is 12.8. The lowest BCUT2D eigenvalue weighted by Gasteiger charge is -2.10. The Morgan fingerprint density at radius 1 is 1.54 bits per heavy atom. The minimum absolute atomic E-state index is 0.192. The maximum Gasteiger partial charge on any atom is 0.222 e. The first-order valence-electron chi connectivity index (χ1n) is 4.61. The summed E-state index contributed by atoms with van der Waals surface area (Å²) in [6, 6.07) is 0.277. The molecule has 1 unspecified atom stereocenters. The molecule has 1 atom stereocenters. The van der Waals surface area contributed by atoms with Gasteiger partial charge >= 0.3 is 0 Å². The van der Waals surface area contributed by atoms with Crippen molar-refractivity contribution in [2.45, 2.75) is 25.8 Å². The molecule has 78 valence electrons. The molecule has 13 heavy (non-hydrogen) atoms. The summed E-state index contributed by atoms with van der Waals surface area (Å²) in [6.45, 7) is 2.08. The Morgan fingerprint density at radius 2 is 2.15 bits per heavy atom. The first-order chi connectivity index (χ1) is 6.07. The number of hydrogen-bond acceptors (Lipinski definition) is 3. The molecule has 0 aromatic heterocycles. The molecular weight excluding hydrogens is 184 g/mol. The van der Waals surface area contributed by atoms with Crippen LogP contribution in [0.4, 0.5) is 0 Å². The standard InChI is InChI=1S/C9H20N2OS/c1-4-8(10)7-13-6-5-9(12)11(2)3/h8H,4-7,10H2,1-3H3. The van der Waals surface area contributed by atoms with Gasteiger partial charge in [-0.2, -0.15) is 11.8 Å². The van der Waals surface area contributed by atoms with E-state index in [4.69, 9.17) is 5.73 Å². The largest absolute Gasteiger partial charge is 0.349 e. The van der Waals surface area contributed by atoms with Crippen molar-refractivity contribution in [1.29, 1.82) is 0 Å². The average molecular weight is 204 g/mol. The van der Waals surface area contributed by atoms with Crippen molar-refractivity contribution in [2.75, 3.05) is 25.6 Å². The van der Waals surface area contributed by atoms with Crippen LogP contribution in [0.2, 0.25) is 0 Å². The summed E-state index contributed by atoms with van der Waals surface area (Å²) in [6.07, 6.45) is 1.63. The third-order valence-corrected chi connectivity index (χ3v) is 2.97. The molecule has 0 fully saturated rings. The zero-order valence-corrected chi connectivity index (χ0v) is 9.56. The molecule has 0 aliphatic heterocycles. The predicted molar refractivity (Wildman–Crippen MR) is 58.9 cm³/mol. The van der Waals surface area contributed by atoms with Gasteiger partial charge in [0.25, 0.3) is 0 Å². The molecule has 1 amide bonds. The Morgan fingerprint density at radius 3 is 2.62 bits per heavy atom. The van der Waals surface area contributed by atoms with Crippen LogP contribution >= 0.6 is 11.8 Å². The van der Waals surface area contributed by atoms with Crippen LogP contribution in [0, 0.1) is 0 Å². The Balaban J connectivity index is 3.31. The average Bonchev–Trinajstić information content (AvgIpc) is 2.11. The van der Waals surface area contributed by atoms with E-state index in [0.29, 0.717) is 6.42 Å². The maximum absolute atomic E-state index is 11.1. The molecule has 0 aliphatic carbocycles. The molecule has 0 aromatic rings. The van der Waals surface area contributed by atoms with Gasteiger partial charge in [-0.25, -0.2) is 0 Å². The highest BCUT2D eigenvalue weighted by molar-refractivity contribution is 7.99. The van der Waals surface area contributed by atoms with Crippen LogP contribution < -0.4 is 5.73 Å². The van der Waals surface area contributed by atoms with Gasteiger partial charge < -0.3 is 10.6 Å². The molecule has 0 aliphatic rings. The van der Waals surface area contributed by atoms with Gasteiger partial charge in [-0.3, -0.25) is 4.79 Å². The van der Waals surface area contributed by atoms with Crippen LogP contribution in [-0.4, -0.2) is 42.4 Å². The number of nitrogens with zero attached hydrogens (tertiary/aromatic N) is 1. The van der Waals surface area contributed by atoms with E-state index in [0.717, 1.165) is 17.9 Å². The molecule has 0 rings (SSSR count). The molecule has 0 bridgehead atoms. The van der Waals surface area contributed by atoms with E-state index in [1.165, 1.54) is 0 Å².